The molecule has 0 aliphatic heterocycles. The standard InChI is InChI=1S/C71H124O6/c1-4-7-10-13-16-19-22-25-28-31-33-34-35-36-37-38-39-41-43-46-49-52-55-58-61-64-70(73)76-67-68(66-75-69(72)63-60-57-54-51-48-45-42-30-27-24-21-18-15-12-9-6-3)77-71(74)65-62-59-56-53-50-47-44-40-32-29-26-23-20-17-14-11-8-5-2/h7,10,16,19,25,28,30,33-34,36-37,39,41-42,68H,4-6,8-9,11-15,17-18,20-24,26-27,29,31-32,35,38,40,43-67H2,1-3H3/b10-7-,19-16-,28-25-,34-33-,37-36-,41-39-,42-30-. The largest absolute Gasteiger partial charge is 0.462 e. The van der Waals surface area contributed by atoms with Crippen LogP contribution >= 0.6 is 0 Å². The number of rotatable bonds is 60. The Balaban J connectivity index is 4.38. The summed E-state index contributed by atoms with van der Waals surface area (Å²) in [5, 5.41) is 0. The van der Waals surface area contributed by atoms with E-state index in [9.17, 15) is 14.4 Å². The van der Waals surface area contributed by atoms with Crippen LogP contribution in [0, 0.1) is 0 Å². The summed E-state index contributed by atoms with van der Waals surface area (Å²) in [6, 6.07) is 0. The Morgan fingerprint density at radius 3 is 0.805 bits per heavy atom. The van der Waals surface area contributed by atoms with Crippen LogP contribution in [0.1, 0.15) is 329 Å². The molecule has 0 N–H and O–H groups in total. The molecule has 0 heterocycles. The molecule has 77 heavy (non-hydrogen) atoms. The van der Waals surface area contributed by atoms with Crippen LogP contribution in [0.15, 0.2) is 85.1 Å². The van der Waals surface area contributed by atoms with E-state index in [1.54, 1.807) is 0 Å². The maximum absolute atomic E-state index is 12.9. The lowest BCUT2D eigenvalue weighted by molar-refractivity contribution is -0.167. The molecule has 0 radical (unpaired) electrons. The van der Waals surface area contributed by atoms with Crippen molar-refractivity contribution in [1.29, 1.82) is 0 Å². The topological polar surface area (TPSA) is 78.9 Å². The van der Waals surface area contributed by atoms with Crippen molar-refractivity contribution in [3.8, 4) is 0 Å². The quantitative estimate of drug-likeness (QED) is 0.0261. The predicted octanol–water partition coefficient (Wildman–Crippen LogP) is 22.7. The molecule has 0 bridgehead atoms. The first-order valence-electron chi connectivity index (χ1n) is 33.1. The lowest BCUT2D eigenvalue weighted by Crippen LogP contribution is -2.30. The Labute approximate surface area is 477 Å². The van der Waals surface area contributed by atoms with Crippen molar-refractivity contribution >= 4 is 17.9 Å². The van der Waals surface area contributed by atoms with Gasteiger partial charge < -0.3 is 14.2 Å². The minimum absolute atomic E-state index is 0.0826. The van der Waals surface area contributed by atoms with Gasteiger partial charge in [-0.2, -0.15) is 0 Å². The monoisotopic (exact) mass is 1070 g/mol. The molecule has 0 amide bonds. The minimum atomic E-state index is -0.786. The van der Waals surface area contributed by atoms with Gasteiger partial charge in [0.05, 0.1) is 0 Å². The van der Waals surface area contributed by atoms with Gasteiger partial charge in [-0.15, -0.1) is 0 Å². The molecule has 0 saturated heterocycles. The van der Waals surface area contributed by atoms with E-state index in [1.807, 2.05) is 0 Å². The van der Waals surface area contributed by atoms with E-state index in [4.69, 9.17) is 14.2 Å². The molecule has 0 aromatic rings. The smallest absolute Gasteiger partial charge is 0.306 e. The Morgan fingerprint density at radius 1 is 0.273 bits per heavy atom. The molecule has 0 rings (SSSR count). The van der Waals surface area contributed by atoms with Crippen LogP contribution < -0.4 is 0 Å². The van der Waals surface area contributed by atoms with Gasteiger partial charge in [0.15, 0.2) is 6.10 Å². The van der Waals surface area contributed by atoms with Gasteiger partial charge in [-0.05, 0) is 96.3 Å². The molecular weight excluding hydrogens is 949 g/mol. The molecule has 0 fully saturated rings. The van der Waals surface area contributed by atoms with E-state index in [0.29, 0.717) is 19.3 Å². The van der Waals surface area contributed by atoms with Crippen LogP contribution in [0.4, 0.5) is 0 Å². The Bertz CT molecular complexity index is 1470. The van der Waals surface area contributed by atoms with Gasteiger partial charge in [0, 0.05) is 19.3 Å². The molecule has 0 saturated carbocycles. The second-order valence-corrected chi connectivity index (χ2v) is 22.0. The number of esters is 3. The number of unbranched alkanes of at least 4 members (excludes halogenated alkanes) is 35. The highest BCUT2D eigenvalue weighted by atomic mass is 16.6. The zero-order valence-corrected chi connectivity index (χ0v) is 51.0. The van der Waals surface area contributed by atoms with E-state index < -0.39 is 6.10 Å². The molecule has 0 aliphatic carbocycles. The maximum atomic E-state index is 12.9. The summed E-state index contributed by atoms with van der Waals surface area (Å²) < 4.78 is 16.9. The number of allylic oxidation sites excluding steroid dienone is 14. The summed E-state index contributed by atoms with van der Waals surface area (Å²) in [5.74, 6) is -0.888. The lowest BCUT2D eigenvalue weighted by atomic mass is 10.0. The molecule has 0 spiro atoms. The normalized spacial score (nSPS) is 12.6. The fraction of sp³-hybridized carbons (Fsp3) is 0.761. The average molecular weight is 1070 g/mol. The number of carbonyl (C=O) groups is 3. The highest BCUT2D eigenvalue weighted by Crippen LogP contribution is 2.17. The van der Waals surface area contributed by atoms with Crippen molar-refractivity contribution in [2.75, 3.05) is 13.2 Å². The first-order chi connectivity index (χ1) is 38.0. The highest BCUT2D eigenvalue weighted by Gasteiger charge is 2.19. The molecule has 1 unspecified atom stereocenters. The van der Waals surface area contributed by atoms with Crippen molar-refractivity contribution in [1.82, 2.24) is 0 Å². The van der Waals surface area contributed by atoms with Gasteiger partial charge in [-0.1, -0.05) is 298 Å². The molecule has 444 valence electrons. The lowest BCUT2D eigenvalue weighted by Gasteiger charge is -2.18. The summed E-state index contributed by atoms with van der Waals surface area (Å²) in [6.07, 6.45) is 85.8. The van der Waals surface area contributed by atoms with Crippen LogP contribution in [-0.4, -0.2) is 37.2 Å². The zero-order valence-electron chi connectivity index (χ0n) is 51.0. The van der Waals surface area contributed by atoms with Gasteiger partial charge >= 0.3 is 17.9 Å². The zero-order chi connectivity index (χ0) is 55.7. The molecule has 0 aromatic carbocycles. The van der Waals surface area contributed by atoms with Crippen LogP contribution in [0.5, 0.6) is 0 Å². The minimum Gasteiger partial charge on any atom is -0.462 e. The van der Waals surface area contributed by atoms with Crippen molar-refractivity contribution < 1.29 is 28.6 Å². The van der Waals surface area contributed by atoms with E-state index in [1.165, 1.54) is 173 Å². The number of ether oxygens (including phenoxy) is 3. The molecule has 6 heteroatoms. The molecule has 0 aromatic heterocycles. The summed E-state index contributed by atoms with van der Waals surface area (Å²) in [4.78, 5) is 38.4. The van der Waals surface area contributed by atoms with Gasteiger partial charge in [0.1, 0.15) is 13.2 Å². The van der Waals surface area contributed by atoms with Crippen LogP contribution in [-0.2, 0) is 28.6 Å². The van der Waals surface area contributed by atoms with Crippen molar-refractivity contribution in [2.45, 2.75) is 335 Å². The number of carbonyl (C=O) groups excluding carboxylic acids is 3. The molecule has 6 nitrogen and oxygen atoms in total. The Morgan fingerprint density at radius 2 is 0.506 bits per heavy atom. The van der Waals surface area contributed by atoms with Gasteiger partial charge in [-0.25, -0.2) is 0 Å². The number of hydrogen-bond donors (Lipinski definition) is 0. The molecule has 1 atom stereocenters. The van der Waals surface area contributed by atoms with Gasteiger partial charge in [0.2, 0.25) is 0 Å². The Kier molecular flexibility index (Phi) is 62.2. The SMILES string of the molecule is CC/C=C\C/C=C\C/C=C\C/C=C\C/C=C\C/C=C\CCCCCCCCC(=O)OCC(COC(=O)CCCCCCC/C=C\CCCCCCCCC)OC(=O)CCCCCCCCCCCCCCCCCCCC. The van der Waals surface area contributed by atoms with E-state index in [-0.39, 0.29) is 31.1 Å². The van der Waals surface area contributed by atoms with E-state index in [2.05, 4.69) is 106 Å². The fourth-order valence-electron chi connectivity index (χ4n) is 9.44. The van der Waals surface area contributed by atoms with Gasteiger partial charge in [-0.3, -0.25) is 14.4 Å². The molecule has 0 aliphatic rings. The third kappa shape index (κ3) is 63.3. The maximum Gasteiger partial charge on any atom is 0.306 e. The van der Waals surface area contributed by atoms with E-state index >= 15 is 0 Å². The summed E-state index contributed by atoms with van der Waals surface area (Å²) in [5.41, 5.74) is 0. The van der Waals surface area contributed by atoms with Crippen molar-refractivity contribution in [3.05, 3.63) is 85.1 Å². The first kappa shape index (κ1) is 73.6. The van der Waals surface area contributed by atoms with Gasteiger partial charge in [0.25, 0.3) is 0 Å². The second-order valence-electron chi connectivity index (χ2n) is 22.0. The second kappa shape index (κ2) is 65.1. The van der Waals surface area contributed by atoms with Crippen molar-refractivity contribution in [2.24, 2.45) is 0 Å². The third-order valence-electron chi connectivity index (χ3n) is 14.4. The predicted molar refractivity (Wildman–Crippen MR) is 334 cm³/mol. The highest BCUT2D eigenvalue weighted by molar-refractivity contribution is 5.71. The first-order valence-corrected chi connectivity index (χ1v) is 33.1. The van der Waals surface area contributed by atoms with Crippen LogP contribution in [0.2, 0.25) is 0 Å². The summed E-state index contributed by atoms with van der Waals surface area (Å²) in [7, 11) is 0. The van der Waals surface area contributed by atoms with Crippen LogP contribution in [0.25, 0.3) is 0 Å². The average Bonchev–Trinajstić information content (AvgIpc) is 3.43. The van der Waals surface area contributed by atoms with E-state index in [0.717, 1.165) is 116 Å². The third-order valence-corrected chi connectivity index (χ3v) is 14.4. The van der Waals surface area contributed by atoms with Crippen molar-refractivity contribution in [3.63, 3.8) is 0 Å². The number of hydrogen-bond acceptors (Lipinski definition) is 6. The fourth-order valence-corrected chi connectivity index (χ4v) is 9.44. The Hall–Kier alpha value is -3.41. The van der Waals surface area contributed by atoms with Crippen LogP contribution in [0.3, 0.4) is 0 Å². The molecular formula is C71H124O6. The summed E-state index contributed by atoms with van der Waals surface area (Å²) >= 11 is 0. The summed E-state index contributed by atoms with van der Waals surface area (Å²) in [6.45, 7) is 6.55.